The van der Waals surface area contributed by atoms with Gasteiger partial charge in [-0.25, -0.2) is 23.2 Å². The minimum atomic E-state index is -8.63. The maximum atomic E-state index is 14.1. The molecular weight excluding hydrogens is 896 g/mol. The maximum Gasteiger partial charge on any atom is 0.410 e. The zero-order valence-corrected chi connectivity index (χ0v) is 32.6. The first-order chi connectivity index (χ1) is 29.0. The highest BCUT2D eigenvalue weighted by Crippen LogP contribution is 2.63. The Kier molecular flexibility index (Phi) is 16.6. The summed E-state index contributed by atoms with van der Waals surface area (Å²) in [6, 6.07) is 17.4. The summed E-state index contributed by atoms with van der Waals surface area (Å²) < 4.78 is 236. The van der Waals surface area contributed by atoms with Crippen molar-refractivity contribution in [1.29, 1.82) is 0 Å². The van der Waals surface area contributed by atoms with Gasteiger partial charge in [-0.15, -0.1) is 0 Å². The number of carbonyl (C=O) groups is 3. The number of ether oxygens (including phenoxy) is 4. The van der Waals surface area contributed by atoms with Gasteiger partial charge in [0.1, 0.15) is 11.5 Å². The van der Waals surface area contributed by atoms with Gasteiger partial charge in [-0.3, -0.25) is 0 Å². The standard InChI is InChI=1S/C40H36F16O7/c1-3-4-5-6-8-23(2)62-30(57)27-15-19-29(20-16-27)63-31(58)26-11-9-24(10-12-26)25-13-17-28(18-14-25)60-21-7-22-61-33(59)35(45,46)37(49,50)39(53,54)40(55,56)38(51,52)36(47,48)34(43,44)32(41)42/h9-20,23,32H,3-8,21-22H2,1-2H3/t23-/m1/s1. The van der Waals surface area contributed by atoms with Crippen molar-refractivity contribution in [1.82, 2.24) is 0 Å². The Morgan fingerprint density at radius 1 is 0.540 bits per heavy atom. The topological polar surface area (TPSA) is 88.1 Å². The molecule has 63 heavy (non-hydrogen) atoms. The Labute approximate surface area is 347 Å². The predicted octanol–water partition coefficient (Wildman–Crippen LogP) is 12.1. The van der Waals surface area contributed by atoms with E-state index in [0.29, 0.717) is 11.1 Å². The van der Waals surface area contributed by atoms with Crippen LogP contribution in [0.5, 0.6) is 11.5 Å². The van der Waals surface area contributed by atoms with E-state index in [9.17, 15) is 84.6 Å². The van der Waals surface area contributed by atoms with Gasteiger partial charge in [0.05, 0.1) is 30.4 Å². The van der Waals surface area contributed by atoms with E-state index in [1.54, 1.807) is 19.1 Å². The van der Waals surface area contributed by atoms with E-state index in [0.717, 1.165) is 32.1 Å². The molecule has 0 fully saturated rings. The Hall–Kier alpha value is -5.25. The van der Waals surface area contributed by atoms with Gasteiger partial charge < -0.3 is 18.9 Å². The molecule has 0 aliphatic rings. The molecule has 350 valence electrons. The van der Waals surface area contributed by atoms with Crippen molar-refractivity contribution in [2.24, 2.45) is 0 Å². The van der Waals surface area contributed by atoms with Crippen LogP contribution in [0.25, 0.3) is 11.1 Å². The van der Waals surface area contributed by atoms with Crippen LogP contribution >= 0.6 is 0 Å². The molecule has 3 rings (SSSR count). The van der Waals surface area contributed by atoms with Gasteiger partial charge in [0, 0.05) is 6.42 Å². The summed E-state index contributed by atoms with van der Waals surface area (Å²) in [6.07, 6.45) is -2.08. The number of halogens is 16. The van der Waals surface area contributed by atoms with Crippen molar-refractivity contribution in [3.63, 3.8) is 0 Å². The van der Waals surface area contributed by atoms with E-state index in [4.69, 9.17) is 14.2 Å². The minimum Gasteiger partial charge on any atom is -0.493 e. The molecule has 0 saturated carbocycles. The highest BCUT2D eigenvalue weighted by molar-refractivity contribution is 5.92. The first-order valence-electron chi connectivity index (χ1n) is 18.5. The van der Waals surface area contributed by atoms with Crippen LogP contribution in [-0.2, 0) is 14.3 Å². The molecule has 0 aromatic heterocycles. The average Bonchev–Trinajstić information content (AvgIpc) is 3.22. The van der Waals surface area contributed by atoms with Crippen LogP contribution in [0.4, 0.5) is 70.2 Å². The SMILES string of the molecule is CCCCCC[C@@H](C)OC(=O)c1ccc(OC(=O)c2ccc(-c3ccc(OCCCOC(=O)C(F)(F)C(F)(F)C(F)(F)C(F)(F)C(F)(F)C(F)(F)C(F)(F)C(F)F)cc3)cc2)cc1. The van der Waals surface area contributed by atoms with Gasteiger partial charge in [-0.2, -0.15) is 61.5 Å². The van der Waals surface area contributed by atoms with Crippen molar-refractivity contribution in [2.45, 2.75) is 106 Å². The molecule has 0 amide bonds. The zero-order valence-electron chi connectivity index (χ0n) is 32.6. The van der Waals surface area contributed by atoms with E-state index in [2.05, 4.69) is 11.7 Å². The fraction of sp³-hybridized carbons (Fsp3) is 0.475. The second-order valence-corrected chi connectivity index (χ2v) is 13.8. The summed E-state index contributed by atoms with van der Waals surface area (Å²) in [5, 5.41) is 0. The summed E-state index contributed by atoms with van der Waals surface area (Å²) in [5.41, 5.74) is 1.53. The second kappa shape index (κ2) is 20.1. The predicted molar refractivity (Wildman–Crippen MR) is 189 cm³/mol. The van der Waals surface area contributed by atoms with Gasteiger partial charge in [0.2, 0.25) is 0 Å². The highest BCUT2D eigenvalue weighted by atomic mass is 19.4. The molecule has 0 spiro atoms. The third-order valence-electron chi connectivity index (χ3n) is 9.09. The monoisotopic (exact) mass is 932 g/mol. The Bertz CT molecular complexity index is 1990. The molecule has 1 atom stereocenters. The quantitative estimate of drug-likeness (QED) is 0.0405. The van der Waals surface area contributed by atoms with Gasteiger partial charge in [0.25, 0.3) is 0 Å². The molecular formula is C40H36F16O7. The van der Waals surface area contributed by atoms with Crippen LogP contribution in [0.15, 0.2) is 72.8 Å². The number of carbonyl (C=O) groups excluding carboxylic acids is 3. The van der Waals surface area contributed by atoms with Crippen LogP contribution < -0.4 is 9.47 Å². The number of rotatable bonds is 23. The van der Waals surface area contributed by atoms with Gasteiger partial charge >= 0.3 is 65.8 Å². The van der Waals surface area contributed by atoms with Crippen LogP contribution in [0.3, 0.4) is 0 Å². The van der Waals surface area contributed by atoms with Crippen LogP contribution in [0.1, 0.15) is 73.1 Å². The minimum absolute atomic E-state index is 0.0374. The molecule has 0 heterocycles. The van der Waals surface area contributed by atoms with E-state index < -0.39 is 85.4 Å². The Morgan fingerprint density at radius 3 is 1.52 bits per heavy atom. The molecule has 3 aromatic carbocycles. The van der Waals surface area contributed by atoms with E-state index in [1.807, 2.05) is 0 Å². The van der Waals surface area contributed by atoms with Crippen molar-refractivity contribution < 1.29 is 104 Å². The summed E-state index contributed by atoms with van der Waals surface area (Å²) in [5.74, 6) is -61.6. The Balaban J connectivity index is 1.52. The zero-order chi connectivity index (χ0) is 47.8. The molecule has 0 bridgehead atoms. The van der Waals surface area contributed by atoms with E-state index in [-0.39, 0.29) is 28.7 Å². The fourth-order valence-corrected chi connectivity index (χ4v) is 5.30. The molecule has 0 N–H and O–H groups in total. The van der Waals surface area contributed by atoms with Crippen molar-refractivity contribution in [3.05, 3.63) is 83.9 Å². The van der Waals surface area contributed by atoms with E-state index in [1.165, 1.54) is 60.7 Å². The smallest absolute Gasteiger partial charge is 0.410 e. The third-order valence-corrected chi connectivity index (χ3v) is 9.09. The number of benzene rings is 3. The first kappa shape index (κ1) is 52.1. The number of hydrogen-bond acceptors (Lipinski definition) is 7. The fourth-order valence-electron chi connectivity index (χ4n) is 5.30. The average molecular weight is 933 g/mol. The molecule has 0 saturated heterocycles. The molecule has 3 aromatic rings. The first-order valence-corrected chi connectivity index (χ1v) is 18.5. The van der Waals surface area contributed by atoms with Crippen LogP contribution in [0, 0.1) is 0 Å². The Morgan fingerprint density at radius 2 is 1.00 bits per heavy atom. The van der Waals surface area contributed by atoms with E-state index >= 15 is 0 Å². The molecule has 7 nitrogen and oxygen atoms in total. The molecule has 23 heteroatoms. The largest absolute Gasteiger partial charge is 0.493 e. The number of hydrogen-bond donors (Lipinski definition) is 0. The lowest BCUT2D eigenvalue weighted by atomic mass is 9.89. The summed E-state index contributed by atoms with van der Waals surface area (Å²) in [6.45, 7) is 1.86. The number of alkyl halides is 16. The summed E-state index contributed by atoms with van der Waals surface area (Å²) in [4.78, 5) is 36.7. The summed E-state index contributed by atoms with van der Waals surface area (Å²) >= 11 is 0. The van der Waals surface area contributed by atoms with Gasteiger partial charge in [0.15, 0.2) is 0 Å². The van der Waals surface area contributed by atoms with Crippen molar-refractivity contribution >= 4 is 17.9 Å². The van der Waals surface area contributed by atoms with Crippen molar-refractivity contribution in [3.8, 4) is 22.6 Å². The van der Waals surface area contributed by atoms with Crippen LogP contribution in [0.2, 0.25) is 0 Å². The molecule has 0 aliphatic heterocycles. The summed E-state index contributed by atoms with van der Waals surface area (Å²) in [7, 11) is 0. The lowest BCUT2D eigenvalue weighted by Crippen LogP contribution is -2.74. The van der Waals surface area contributed by atoms with Gasteiger partial charge in [-0.05, 0) is 79.4 Å². The number of unbranched alkanes of at least 4 members (excludes halogenated alkanes) is 3. The second-order valence-electron chi connectivity index (χ2n) is 13.8. The molecule has 0 aliphatic carbocycles. The molecule has 0 radical (unpaired) electrons. The van der Waals surface area contributed by atoms with Gasteiger partial charge in [-0.1, -0.05) is 50.5 Å². The number of esters is 3. The lowest BCUT2D eigenvalue weighted by molar-refractivity contribution is -0.444. The van der Waals surface area contributed by atoms with Crippen molar-refractivity contribution in [2.75, 3.05) is 13.2 Å². The highest BCUT2D eigenvalue weighted by Gasteiger charge is 2.94. The van der Waals surface area contributed by atoms with Crippen LogP contribution in [-0.4, -0.2) is 85.1 Å². The normalized spacial score (nSPS) is 13.7. The third kappa shape index (κ3) is 10.9. The molecule has 0 unspecified atom stereocenters. The lowest BCUT2D eigenvalue weighted by Gasteiger charge is -2.42. The maximum absolute atomic E-state index is 14.1.